The average Bonchev–Trinajstić information content (AvgIpc) is 3.17. The van der Waals surface area contributed by atoms with E-state index < -0.39 is 0 Å². The Bertz CT molecular complexity index is 769. The molecule has 2 aliphatic rings. The number of piperidine rings is 1. The number of amides is 2. The van der Waals surface area contributed by atoms with E-state index in [9.17, 15) is 9.59 Å². The highest BCUT2D eigenvalue weighted by Crippen LogP contribution is 2.18. The minimum absolute atomic E-state index is 0.00692. The van der Waals surface area contributed by atoms with Crippen molar-refractivity contribution in [1.82, 2.24) is 20.4 Å². The normalized spacial score (nSPS) is 22.2. The summed E-state index contributed by atoms with van der Waals surface area (Å²) in [4.78, 5) is 32.4. The second kappa shape index (κ2) is 12.4. The van der Waals surface area contributed by atoms with E-state index in [2.05, 4.69) is 32.7 Å². The molecule has 2 atom stereocenters. The number of likely N-dealkylation sites (tertiary alicyclic amines) is 2. The van der Waals surface area contributed by atoms with Crippen molar-refractivity contribution < 1.29 is 9.59 Å². The minimum atomic E-state index is -0.179. The predicted octanol–water partition coefficient (Wildman–Crippen LogP) is 0.830. The van der Waals surface area contributed by atoms with E-state index >= 15 is 0 Å². The Morgan fingerprint density at radius 3 is 2.75 bits per heavy atom. The molecule has 2 aliphatic heterocycles. The molecule has 2 fully saturated rings. The van der Waals surface area contributed by atoms with Crippen LogP contribution < -0.4 is 16.4 Å². The predicted molar refractivity (Wildman–Crippen MR) is 127 cm³/mol. The maximum absolute atomic E-state index is 12.4. The second-order valence-electron chi connectivity index (χ2n) is 8.92. The summed E-state index contributed by atoms with van der Waals surface area (Å²) in [6, 6.07) is 10.3. The van der Waals surface area contributed by atoms with Gasteiger partial charge in [0.05, 0.1) is 5.92 Å². The van der Waals surface area contributed by atoms with Crippen LogP contribution in [-0.2, 0) is 16.0 Å². The Morgan fingerprint density at radius 2 is 2.00 bits per heavy atom. The van der Waals surface area contributed by atoms with Gasteiger partial charge >= 0.3 is 0 Å². The van der Waals surface area contributed by atoms with Crippen LogP contribution in [0.3, 0.4) is 0 Å². The number of primary amides is 1. The van der Waals surface area contributed by atoms with Crippen molar-refractivity contribution >= 4 is 17.8 Å². The third-order valence-electron chi connectivity index (χ3n) is 6.44. The SMILES string of the molecule is CN=C(NCCCN1CCCC(C(N)=O)C1)NCC1CC(=O)N(CCc2ccccc2)C1. The Morgan fingerprint density at radius 1 is 1.19 bits per heavy atom. The van der Waals surface area contributed by atoms with Crippen molar-refractivity contribution in [2.24, 2.45) is 22.6 Å². The van der Waals surface area contributed by atoms with E-state index in [1.807, 2.05) is 23.1 Å². The van der Waals surface area contributed by atoms with Crippen LogP contribution in [0.1, 0.15) is 31.2 Å². The first kappa shape index (κ1) is 24.0. The lowest BCUT2D eigenvalue weighted by molar-refractivity contribution is -0.127. The molecular formula is C24H38N6O2. The Balaban J connectivity index is 1.30. The molecule has 0 bridgehead atoms. The van der Waals surface area contributed by atoms with Gasteiger partial charge in [0.2, 0.25) is 11.8 Å². The average molecular weight is 443 g/mol. The third kappa shape index (κ3) is 7.51. The van der Waals surface area contributed by atoms with Crippen LogP contribution in [0.4, 0.5) is 0 Å². The summed E-state index contributed by atoms with van der Waals surface area (Å²) >= 11 is 0. The number of rotatable bonds is 10. The van der Waals surface area contributed by atoms with Crippen LogP contribution in [-0.4, -0.2) is 80.4 Å². The largest absolute Gasteiger partial charge is 0.369 e. The molecule has 1 aromatic carbocycles. The molecule has 2 heterocycles. The summed E-state index contributed by atoms with van der Waals surface area (Å²) in [6.07, 6.45) is 4.41. The molecule has 2 amide bonds. The number of nitrogens with zero attached hydrogens (tertiary/aromatic N) is 3. The van der Waals surface area contributed by atoms with Gasteiger partial charge in [-0.3, -0.25) is 14.6 Å². The van der Waals surface area contributed by atoms with Crippen LogP contribution in [0.2, 0.25) is 0 Å². The smallest absolute Gasteiger partial charge is 0.223 e. The molecule has 0 radical (unpaired) electrons. The molecule has 2 unspecified atom stereocenters. The fraction of sp³-hybridized carbons (Fsp3) is 0.625. The van der Waals surface area contributed by atoms with Gasteiger partial charge in [-0.2, -0.15) is 0 Å². The summed E-state index contributed by atoms with van der Waals surface area (Å²) in [6.45, 7) is 5.88. The fourth-order valence-electron chi connectivity index (χ4n) is 4.58. The van der Waals surface area contributed by atoms with Gasteiger partial charge in [-0.15, -0.1) is 0 Å². The molecular weight excluding hydrogens is 404 g/mol. The topological polar surface area (TPSA) is 103 Å². The van der Waals surface area contributed by atoms with Crippen molar-refractivity contribution in [2.75, 3.05) is 52.9 Å². The van der Waals surface area contributed by atoms with Crippen LogP contribution in [0.15, 0.2) is 35.3 Å². The van der Waals surface area contributed by atoms with Crippen LogP contribution in [0.5, 0.6) is 0 Å². The van der Waals surface area contributed by atoms with Gasteiger partial charge in [0, 0.05) is 52.1 Å². The number of carbonyl (C=O) groups excluding carboxylic acids is 2. The first-order chi connectivity index (χ1) is 15.5. The number of benzene rings is 1. The third-order valence-corrected chi connectivity index (χ3v) is 6.44. The van der Waals surface area contributed by atoms with Crippen LogP contribution in [0.25, 0.3) is 0 Å². The number of nitrogens with one attached hydrogen (secondary N) is 2. The number of aliphatic imine (C=N–C) groups is 1. The van der Waals surface area contributed by atoms with Gasteiger partial charge in [-0.25, -0.2) is 0 Å². The zero-order valence-corrected chi connectivity index (χ0v) is 19.3. The molecule has 2 saturated heterocycles. The molecule has 8 nitrogen and oxygen atoms in total. The highest BCUT2D eigenvalue weighted by atomic mass is 16.2. The van der Waals surface area contributed by atoms with E-state index in [-0.39, 0.29) is 17.7 Å². The molecule has 0 spiro atoms. The molecule has 0 aliphatic carbocycles. The second-order valence-corrected chi connectivity index (χ2v) is 8.92. The van der Waals surface area contributed by atoms with Crippen LogP contribution in [0, 0.1) is 11.8 Å². The molecule has 3 rings (SSSR count). The van der Waals surface area contributed by atoms with E-state index in [1.165, 1.54) is 5.56 Å². The van der Waals surface area contributed by atoms with Crippen molar-refractivity contribution in [2.45, 2.75) is 32.1 Å². The molecule has 1 aromatic rings. The number of carbonyl (C=O) groups is 2. The number of nitrogens with two attached hydrogens (primary N) is 1. The van der Waals surface area contributed by atoms with Crippen molar-refractivity contribution in [1.29, 1.82) is 0 Å². The van der Waals surface area contributed by atoms with Crippen molar-refractivity contribution in [3.63, 3.8) is 0 Å². The quantitative estimate of drug-likeness (QED) is 0.283. The molecule has 176 valence electrons. The summed E-state index contributed by atoms with van der Waals surface area (Å²) in [5.74, 6) is 1.13. The zero-order chi connectivity index (χ0) is 22.8. The van der Waals surface area contributed by atoms with Gasteiger partial charge in [0.15, 0.2) is 5.96 Å². The summed E-state index contributed by atoms with van der Waals surface area (Å²) in [7, 11) is 1.77. The Labute approximate surface area is 191 Å². The minimum Gasteiger partial charge on any atom is -0.369 e. The Hall–Kier alpha value is -2.61. The maximum atomic E-state index is 12.4. The highest BCUT2D eigenvalue weighted by Gasteiger charge is 2.29. The lowest BCUT2D eigenvalue weighted by atomic mass is 9.97. The van der Waals surface area contributed by atoms with Gasteiger partial charge in [-0.1, -0.05) is 30.3 Å². The van der Waals surface area contributed by atoms with Gasteiger partial charge < -0.3 is 26.2 Å². The van der Waals surface area contributed by atoms with E-state index in [0.717, 1.165) is 77.5 Å². The fourth-order valence-corrected chi connectivity index (χ4v) is 4.58. The van der Waals surface area contributed by atoms with E-state index in [0.29, 0.717) is 12.3 Å². The number of guanidine groups is 1. The van der Waals surface area contributed by atoms with Crippen molar-refractivity contribution in [3.8, 4) is 0 Å². The lowest BCUT2D eigenvalue weighted by Gasteiger charge is -2.31. The first-order valence-electron chi connectivity index (χ1n) is 11.8. The van der Waals surface area contributed by atoms with Gasteiger partial charge in [0.1, 0.15) is 0 Å². The molecule has 0 aromatic heterocycles. The number of hydrogen-bond acceptors (Lipinski definition) is 4. The monoisotopic (exact) mass is 442 g/mol. The maximum Gasteiger partial charge on any atom is 0.223 e. The molecule has 8 heteroatoms. The van der Waals surface area contributed by atoms with E-state index in [4.69, 9.17) is 5.73 Å². The molecule has 4 N–H and O–H groups in total. The standard InChI is InChI=1S/C24H38N6O2/c1-26-24(27-11-6-13-29-12-5-9-21(18-29)23(25)32)28-16-20-15-22(31)30(17-20)14-10-19-7-3-2-4-8-19/h2-4,7-8,20-21H,5-6,9-18H2,1H3,(H2,25,32)(H2,26,27,28). The van der Waals surface area contributed by atoms with E-state index in [1.54, 1.807) is 7.05 Å². The van der Waals surface area contributed by atoms with Crippen LogP contribution >= 0.6 is 0 Å². The van der Waals surface area contributed by atoms with Crippen molar-refractivity contribution in [3.05, 3.63) is 35.9 Å². The number of hydrogen-bond donors (Lipinski definition) is 3. The molecule has 32 heavy (non-hydrogen) atoms. The highest BCUT2D eigenvalue weighted by molar-refractivity contribution is 5.80. The molecule has 0 saturated carbocycles. The zero-order valence-electron chi connectivity index (χ0n) is 19.3. The van der Waals surface area contributed by atoms with Gasteiger partial charge in [-0.05, 0) is 44.3 Å². The first-order valence-corrected chi connectivity index (χ1v) is 11.8. The lowest BCUT2D eigenvalue weighted by Crippen LogP contribution is -2.43. The summed E-state index contributed by atoms with van der Waals surface area (Å²) in [5.41, 5.74) is 6.73. The summed E-state index contributed by atoms with van der Waals surface area (Å²) < 4.78 is 0. The summed E-state index contributed by atoms with van der Waals surface area (Å²) in [5, 5.41) is 6.73. The van der Waals surface area contributed by atoms with Gasteiger partial charge in [0.25, 0.3) is 0 Å². The Kier molecular flexibility index (Phi) is 9.34.